The SMILES string of the molecule is COC(=O)CCN1C(=S)N[C@H](c2ccccn2)[C@@H]1c1cc(C)n(C2CC2)c1C. The van der Waals surface area contributed by atoms with E-state index in [2.05, 4.69) is 39.7 Å². The smallest absolute Gasteiger partial charge is 0.307 e. The number of rotatable bonds is 6. The van der Waals surface area contributed by atoms with Crippen LogP contribution >= 0.6 is 12.2 Å². The first-order valence-corrected chi connectivity index (χ1v) is 10.1. The average Bonchev–Trinajstić information content (AvgIpc) is 3.41. The normalized spacial score (nSPS) is 21.7. The van der Waals surface area contributed by atoms with Crippen molar-refractivity contribution < 1.29 is 9.53 Å². The van der Waals surface area contributed by atoms with E-state index < -0.39 is 0 Å². The lowest BCUT2D eigenvalue weighted by atomic mass is 9.96. The number of esters is 1. The highest BCUT2D eigenvalue weighted by atomic mass is 32.1. The standard InChI is InChI=1S/C21H26N4O2S/c1-13-12-16(14(2)25(13)15-7-8-15)20-19(17-6-4-5-10-22-17)23-21(28)24(20)11-9-18(26)27-3/h4-6,10,12,15,19-20H,7-9,11H2,1-3H3,(H,23,28)/t19-,20+/m1/s1. The summed E-state index contributed by atoms with van der Waals surface area (Å²) in [7, 11) is 1.42. The van der Waals surface area contributed by atoms with E-state index in [1.54, 1.807) is 0 Å². The monoisotopic (exact) mass is 398 g/mol. The van der Waals surface area contributed by atoms with Crippen LogP contribution in [0.5, 0.6) is 0 Å². The number of aromatic nitrogens is 2. The van der Waals surface area contributed by atoms with Gasteiger partial charge in [-0.2, -0.15) is 0 Å². The van der Waals surface area contributed by atoms with Gasteiger partial charge in [0.15, 0.2) is 5.11 Å². The summed E-state index contributed by atoms with van der Waals surface area (Å²) in [6, 6.07) is 8.76. The summed E-state index contributed by atoms with van der Waals surface area (Å²) < 4.78 is 7.29. The molecule has 2 aliphatic rings. The molecular weight excluding hydrogens is 372 g/mol. The molecular formula is C21H26N4O2S. The van der Waals surface area contributed by atoms with Crippen molar-refractivity contribution in [2.24, 2.45) is 0 Å². The zero-order valence-electron chi connectivity index (χ0n) is 16.5. The van der Waals surface area contributed by atoms with E-state index in [1.807, 2.05) is 24.4 Å². The van der Waals surface area contributed by atoms with E-state index in [1.165, 1.54) is 36.9 Å². The first-order valence-electron chi connectivity index (χ1n) is 9.74. The molecule has 0 bridgehead atoms. The Hall–Kier alpha value is -2.41. The van der Waals surface area contributed by atoms with E-state index in [-0.39, 0.29) is 18.1 Å². The third kappa shape index (κ3) is 3.39. The minimum atomic E-state index is -0.230. The second-order valence-corrected chi connectivity index (χ2v) is 7.96. The zero-order valence-corrected chi connectivity index (χ0v) is 17.3. The highest BCUT2D eigenvalue weighted by molar-refractivity contribution is 7.80. The number of hydrogen-bond acceptors (Lipinski definition) is 4. The van der Waals surface area contributed by atoms with Crippen LogP contribution in [0.2, 0.25) is 0 Å². The first-order chi connectivity index (χ1) is 13.5. The number of pyridine rings is 1. The molecule has 0 radical (unpaired) electrons. The number of carbonyl (C=O) groups is 1. The maximum atomic E-state index is 11.8. The molecule has 0 spiro atoms. The van der Waals surface area contributed by atoms with Crippen LogP contribution in [0, 0.1) is 13.8 Å². The molecule has 2 aromatic heterocycles. The van der Waals surface area contributed by atoms with Crippen LogP contribution in [0.3, 0.4) is 0 Å². The fourth-order valence-electron chi connectivity index (χ4n) is 4.30. The maximum absolute atomic E-state index is 11.8. The molecule has 1 N–H and O–H groups in total. The molecule has 28 heavy (non-hydrogen) atoms. The van der Waals surface area contributed by atoms with E-state index in [0.717, 1.165) is 5.69 Å². The fraction of sp³-hybridized carbons (Fsp3) is 0.476. The molecule has 0 amide bonds. The lowest BCUT2D eigenvalue weighted by Crippen LogP contribution is -2.32. The Bertz CT molecular complexity index is 891. The Morgan fingerprint density at radius 3 is 2.79 bits per heavy atom. The largest absolute Gasteiger partial charge is 0.469 e. The Labute approximate surface area is 170 Å². The van der Waals surface area contributed by atoms with Crippen LogP contribution in [0.1, 0.15) is 60.0 Å². The highest BCUT2D eigenvalue weighted by Crippen LogP contribution is 2.44. The van der Waals surface area contributed by atoms with Crippen LogP contribution < -0.4 is 5.32 Å². The number of ether oxygens (including phenoxy) is 1. The van der Waals surface area contributed by atoms with Crippen molar-refractivity contribution in [3.05, 3.63) is 53.1 Å². The number of carbonyl (C=O) groups excluding carboxylic acids is 1. The van der Waals surface area contributed by atoms with Crippen LogP contribution in [-0.2, 0) is 9.53 Å². The van der Waals surface area contributed by atoms with E-state index >= 15 is 0 Å². The van der Waals surface area contributed by atoms with Crippen molar-refractivity contribution in [2.45, 2.75) is 51.2 Å². The summed E-state index contributed by atoms with van der Waals surface area (Å²) in [5.41, 5.74) is 4.75. The summed E-state index contributed by atoms with van der Waals surface area (Å²) in [6.07, 6.45) is 4.59. The van der Waals surface area contributed by atoms with Gasteiger partial charge in [0.05, 0.1) is 31.3 Å². The molecule has 1 saturated heterocycles. The van der Waals surface area contributed by atoms with Gasteiger partial charge in [0.25, 0.3) is 0 Å². The van der Waals surface area contributed by atoms with Gasteiger partial charge < -0.3 is 19.5 Å². The van der Waals surface area contributed by atoms with Crippen molar-refractivity contribution in [3.8, 4) is 0 Å². The van der Waals surface area contributed by atoms with Gasteiger partial charge in [0.2, 0.25) is 0 Å². The molecule has 7 heteroatoms. The number of thiocarbonyl (C=S) groups is 1. The topological polar surface area (TPSA) is 59.4 Å². The van der Waals surface area contributed by atoms with Crippen LogP contribution in [0.25, 0.3) is 0 Å². The van der Waals surface area contributed by atoms with Crippen LogP contribution in [0.4, 0.5) is 0 Å². The zero-order chi connectivity index (χ0) is 19.8. The summed E-state index contributed by atoms with van der Waals surface area (Å²) >= 11 is 5.66. The number of hydrogen-bond donors (Lipinski definition) is 1. The highest BCUT2D eigenvalue weighted by Gasteiger charge is 2.42. The molecule has 1 aliphatic heterocycles. The third-order valence-corrected chi connectivity index (χ3v) is 6.09. The number of nitrogens with one attached hydrogen (secondary N) is 1. The maximum Gasteiger partial charge on any atom is 0.307 e. The van der Waals surface area contributed by atoms with Gasteiger partial charge in [-0.05, 0) is 62.7 Å². The van der Waals surface area contributed by atoms with E-state index in [4.69, 9.17) is 17.0 Å². The predicted octanol–water partition coefficient (Wildman–Crippen LogP) is 3.37. The molecule has 1 saturated carbocycles. The molecule has 3 heterocycles. The van der Waals surface area contributed by atoms with Gasteiger partial charge in [-0.25, -0.2) is 0 Å². The Balaban J connectivity index is 1.73. The molecule has 1 aliphatic carbocycles. The van der Waals surface area contributed by atoms with Crippen molar-refractivity contribution in [1.82, 2.24) is 19.8 Å². The minimum absolute atomic E-state index is 0.00856. The molecule has 4 rings (SSSR count). The van der Waals surface area contributed by atoms with Gasteiger partial charge in [-0.1, -0.05) is 6.07 Å². The predicted molar refractivity (Wildman–Crippen MR) is 111 cm³/mol. The van der Waals surface area contributed by atoms with Gasteiger partial charge in [-0.15, -0.1) is 0 Å². The second-order valence-electron chi connectivity index (χ2n) is 7.57. The van der Waals surface area contributed by atoms with Gasteiger partial charge in [-0.3, -0.25) is 9.78 Å². The summed E-state index contributed by atoms with van der Waals surface area (Å²) in [5, 5.41) is 4.10. The summed E-state index contributed by atoms with van der Waals surface area (Å²) in [5.74, 6) is -0.230. The lowest BCUT2D eigenvalue weighted by molar-refractivity contribution is -0.140. The Morgan fingerprint density at radius 2 is 2.14 bits per heavy atom. The molecule has 2 atom stereocenters. The molecule has 2 aromatic rings. The van der Waals surface area contributed by atoms with Crippen molar-refractivity contribution in [3.63, 3.8) is 0 Å². The molecule has 6 nitrogen and oxygen atoms in total. The third-order valence-electron chi connectivity index (χ3n) is 5.74. The van der Waals surface area contributed by atoms with Gasteiger partial charge in [0, 0.05) is 30.2 Å². The Morgan fingerprint density at radius 1 is 1.36 bits per heavy atom. The number of nitrogens with zero attached hydrogens (tertiary/aromatic N) is 3. The van der Waals surface area contributed by atoms with Gasteiger partial charge in [0.1, 0.15) is 0 Å². The van der Waals surface area contributed by atoms with Crippen molar-refractivity contribution in [2.75, 3.05) is 13.7 Å². The Kier molecular flexibility index (Phi) is 5.10. The number of aryl methyl sites for hydroxylation is 1. The van der Waals surface area contributed by atoms with Crippen LogP contribution in [-0.4, -0.2) is 39.2 Å². The minimum Gasteiger partial charge on any atom is -0.469 e. The molecule has 0 aromatic carbocycles. The first kappa shape index (κ1) is 18.9. The van der Waals surface area contributed by atoms with Crippen molar-refractivity contribution >= 4 is 23.3 Å². The molecule has 2 fully saturated rings. The summed E-state index contributed by atoms with van der Waals surface area (Å²) in [4.78, 5) is 18.5. The average molecular weight is 399 g/mol. The fourth-order valence-corrected chi connectivity index (χ4v) is 4.63. The molecule has 0 unspecified atom stereocenters. The summed E-state index contributed by atoms with van der Waals surface area (Å²) in [6.45, 7) is 4.87. The van der Waals surface area contributed by atoms with E-state index in [9.17, 15) is 4.79 Å². The van der Waals surface area contributed by atoms with Crippen molar-refractivity contribution in [1.29, 1.82) is 0 Å². The van der Waals surface area contributed by atoms with E-state index in [0.29, 0.717) is 24.1 Å². The molecule has 148 valence electrons. The van der Waals surface area contributed by atoms with Crippen LogP contribution in [0.15, 0.2) is 30.5 Å². The quantitative estimate of drug-likeness (QED) is 0.595. The number of methoxy groups -OCH3 is 1. The second kappa shape index (κ2) is 7.54. The lowest BCUT2D eigenvalue weighted by Gasteiger charge is -2.28. The van der Waals surface area contributed by atoms with Gasteiger partial charge >= 0.3 is 5.97 Å².